The van der Waals surface area contributed by atoms with E-state index in [1.807, 2.05) is 13.8 Å². The molecule has 1 aliphatic heterocycles. The van der Waals surface area contributed by atoms with Crippen LogP contribution >= 0.6 is 0 Å². The van der Waals surface area contributed by atoms with E-state index in [1.165, 1.54) is 0 Å². The van der Waals surface area contributed by atoms with Crippen molar-refractivity contribution in [3.8, 4) is 0 Å². The van der Waals surface area contributed by atoms with E-state index < -0.39 is 0 Å². The smallest absolute Gasteiger partial charge is 0.234 e. The third kappa shape index (κ3) is 4.59. The molecule has 1 amide bonds. The van der Waals surface area contributed by atoms with Crippen LogP contribution in [0.2, 0.25) is 0 Å². The summed E-state index contributed by atoms with van der Waals surface area (Å²) in [5, 5.41) is 2.76. The Morgan fingerprint density at radius 2 is 2.07 bits per heavy atom. The van der Waals surface area contributed by atoms with Crippen LogP contribution in [-0.2, 0) is 9.53 Å². The molecule has 1 fully saturated rings. The van der Waals surface area contributed by atoms with Gasteiger partial charge in [-0.2, -0.15) is 0 Å². The van der Waals surface area contributed by atoms with E-state index >= 15 is 0 Å². The van der Waals surface area contributed by atoms with Crippen molar-refractivity contribution in [2.24, 2.45) is 5.73 Å². The summed E-state index contributed by atoms with van der Waals surface area (Å²) in [7, 11) is 0. The van der Waals surface area contributed by atoms with Crippen molar-refractivity contribution < 1.29 is 9.53 Å². The highest BCUT2D eigenvalue weighted by Gasteiger charge is 2.23. The topological polar surface area (TPSA) is 67.6 Å². The first kappa shape index (κ1) is 12.4. The largest absolute Gasteiger partial charge is 0.373 e. The lowest BCUT2D eigenvalue weighted by Crippen LogP contribution is -2.49. The molecular formula is C10H21N3O2. The number of carbonyl (C=O) groups is 1. The van der Waals surface area contributed by atoms with Gasteiger partial charge in [-0.25, -0.2) is 0 Å². The molecule has 0 spiro atoms. The SMILES string of the molecule is CC1CN(CC(=O)NCCN)CC(C)O1. The van der Waals surface area contributed by atoms with Gasteiger partial charge in [-0.3, -0.25) is 9.69 Å². The number of nitrogens with one attached hydrogen (secondary N) is 1. The van der Waals surface area contributed by atoms with Crippen molar-refractivity contribution in [3.05, 3.63) is 0 Å². The normalized spacial score (nSPS) is 27.7. The van der Waals surface area contributed by atoms with Gasteiger partial charge in [0.15, 0.2) is 0 Å². The summed E-state index contributed by atoms with van der Waals surface area (Å²) in [6, 6.07) is 0. The Kier molecular flexibility index (Phi) is 5.01. The van der Waals surface area contributed by atoms with Crippen molar-refractivity contribution in [2.45, 2.75) is 26.1 Å². The maximum atomic E-state index is 11.4. The molecule has 5 heteroatoms. The molecule has 3 N–H and O–H groups in total. The highest BCUT2D eigenvalue weighted by Crippen LogP contribution is 2.09. The van der Waals surface area contributed by atoms with Crippen LogP contribution in [0.4, 0.5) is 0 Å². The standard InChI is InChI=1S/C10H21N3O2/c1-8-5-13(6-9(2)15-8)7-10(14)12-4-3-11/h8-9H,3-7,11H2,1-2H3,(H,12,14). The van der Waals surface area contributed by atoms with E-state index in [2.05, 4.69) is 10.2 Å². The fourth-order valence-electron chi connectivity index (χ4n) is 1.88. The lowest BCUT2D eigenvalue weighted by Gasteiger charge is -2.34. The minimum absolute atomic E-state index is 0.0433. The Balaban J connectivity index is 2.27. The summed E-state index contributed by atoms with van der Waals surface area (Å²) >= 11 is 0. The van der Waals surface area contributed by atoms with Gasteiger partial charge in [0.1, 0.15) is 0 Å². The van der Waals surface area contributed by atoms with Gasteiger partial charge in [0.05, 0.1) is 18.8 Å². The van der Waals surface area contributed by atoms with Crippen molar-refractivity contribution in [3.63, 3.8) is 0 Å². The third-order valence-corrected chi connectivity index (χ3v) is 2.33. The molecule has 0 aromatic carbocycles. The van der Waals surface area contributed by atoms with Crippen molar-refractivity contribution >= 4 is 5.91 Å². The minimum atomic E-state index is 0.0433. The first-order chi connectivity index (χ1) is 7.11. The molecule has 2 atom stereocenters. The van der Waals surface area contributed by atoms with Gasteiger partial charge in [0.25, 0.3) is 0 Å². The van der Waals surface area contributed by atoms with Crippen LogP contribution in [-0.4, -0.2) is 55.7 Å². The Hall–Kier alpha value is -0.650. The van der Waals surface area contributed by atoms with Gasteiger partial charge in [-0.05, 0) is 13.8 Å². The molecule has 5 nitrogen and oxygen atoms in total. The number of hydrogen-bond donors (Lipinski definition) is 2. The number of amides is 1. The number of carbonyl (C=O) groups excluding carboxylic acids is 1. The molecule has 1 saturated heterocycles. The van der Waals surface area contributed by atoms with E-state index in [0.29, 0.717) is 19.6 Å². The molecule has 0 aromatic heterocycles. The van der Waals surface area contributed by atoms with E-state index in [-0.39, 0.29) is 18.1 Å². The van der Waals surface area contributed by atoms with E-state index in [1.54, 1.807) is 0 Å². The number of morpholine rings is 1. The summed E-state index contributed by atoms with van der Waals surface area (Å²) in [5.41, 5.74) is 5.31. The summed E-state index contributed by atoms with van der Waals surface area (Å²) < 4.78 is 5.59. The first-order valence-electron chi connectivity index (χ1n) is 5.46. The lowest BCUT2D eigenvalue weighted by atomic mass is 10.2. The maximum absolute atomic E-state index is 11.4. The fraction of sp³-hybridized carbons (Fsp3) is 0.900. The fourth-order valence-corrected chi connectivity index (χ4v) is 1.88. The van der Waals surface area contributed by atoms with Crippen LogP contribution in [0.3, 0.4) is 0 Å². The molecule has 0 aliphatic carbocycles. The second-order valence-electron chi connectivity index (χ2n) is 4.09. The van der Waals surface area contributed by atoms with Crippen LogP contribution in [0, 0.1) is 0 Å². The van der Waals surface area contributed by atoms with Crippen LogP contribution in [0.15, 0.2) is 0 Å². The van der Waals surface area contributed by atoms with Crippen molar-refractivity contribution in [1.29, 1.82) is 0 Å². The van der Waals surface area contributed by atoms with Gasteiger partial charge in [0, 0.05) is 26.2 Å². The average molecular weight is 215 g/mol. The Labute approximate surface area is 90.9 Å². The number of nitrogens with zero attached hydrogens (tertiary/aromatic N) is 1. The van der Waals surface area contributed by atoms with Crippen molar-refractivity contribution in [2.75, 3.05) is 32.7 Å². The van der Waals surface area contributed by atoms with Crippen molar-refractivity contribution in [1.82, 2.24) is 10.2 Å². The third-order valence-electron chi connectivity index (χ3n) is 2.33. The van der Waals surface area contributed by atoms with Gasteiger partial charge in [0.2, 0.25) is 5.91 Å². The predicted octanol–water partition coefficient (Wildman–Crippen LogP) is -0.829. The molecule has 15 heavy (non-hydrogen) atoms. The zero-order valence-corrected chi connectivity index (χ0v) is 9.53. The Morgan fingerprint density at radius 3 is 2.60 bits per heavy atom. The van der Waals surface area contributed by atoms with Crippen LogP contribution < -0.4 is 11.1 Å². The molecule has 0 bridgehead atoms. The average Bonchev–Trinajstić information content (AvgIpc) is 2.13. The monoisotopic (exact) mass is 215 g/mol. The molecule has 1 rings (SSSR count). The number of ether oxygens (including phenoxy) is 1. The van der Waals surface area contributed by atoms with E-state index in [0.717, 1.165) is 13.1 Å². The van der Waals surface area contributed by atoms with Crippen LogP contribution in [0.1, 0.15) is 13.8 Å². The second kappa shape index (κ2) is 6.05. The minimum Gasteiger partial charge on any atom is -0.373 e. The van der Waals surface area contributed by atoms with Gasteiger partial charge in [-0.1, -0.05) is 0 Å². The Morgan fingerprint density at radius 1 is 1.47 bits per heavy atom. The molecule has 0 saturated carbocycles. The summed E-state index contributed by atoms with van der Waals surface area (Å²) in [6.07, 6.45) is 0.409. The second-order valence-corrected chi connectivity index (χ2v) is 4.09. The Bertz CT molecular complexity index is 201. The lowest BCUT2D eigenvalue weighted by molar-refractivity contribution is -0.125. The molecule has 0 radical (unpaired) electrons. The number of rotatable bonds is 4. The zero-order chi connectivity index (χ0) is 11.3. The quantitative estimate of drug-likeness (QED) is 0.642. The highest BCUT2D eigenvalue weighted by molar-refractivity contribution is 5.78. The zero-order valence-electron chi connectivity index (χ0n) is 9.53. The van der Waals surface area contributed by atoms with Gasteiger partial charge >= 0.3 is 0 Å². The highest BCUT2D eigenvalue weighted by atomic mass is 16.5. The predicted molar refractivity (Wildman–Crippen MR) is 58.5 cm³/mol. The van der Waals surface area contributed by atoms with E-state index in [9.17, 15) is 4.79 Å². The maximum Gasteiger partial charge on any atom is 0.234 e. The number of nitrogens with two attached hydrogens (primary N) is 1. The summed E-state index contributed by atoms with van der Waals surface area (Å²) in [6.45, 7) is 7.18. The first-order valence-corrected chi connectivity index (χ1v) is 5.46. The molecule has 88 valence electrons. The molecule has 0 aromatic rings. The van der Waals surface area contributed by atoms with Gasteiger partial charge < -0.3 is 15.8 Å². The molecule has 1 aliphatic rings. The number of hydrogen-bond acceptors (Lipinski definition) is 4. The van der Waals surface area contributed by atoms with E-state index in [4.69, 9.17) is 10.5 Å². The summed E-state index contributed by atoms with van der Waals surface area (Å²) in [4.78, 5) is 13.6. The molecule has 1 heterocycles. The summed E-state index contributed by atoms with van der Waals surface area (Å²) in [5.74, 6) is 0.0433. The molecular weight excluding hydrogens is 194 g/mol. The molecule has 2 unspecified atom stereocenters. The van der Waals surface area contributed by atoms with Crippen LogP contribution in [0.5, 0.6) is 0 Å². The van der Waals surface area contributed by atoms with Crippen LogP contribution in [0.25, 0.3) is 0 Å². The van der Waals surface area contributed by atoms with Gasteiger partial charge in [-0.15, -0.1) is 0 Å².